The highest BCUT2D eigenvalue weighted by molar-refractivity contribution is 5.94. The van der Waals surface area contributed by atoms with E-state index in [9.17, 15) is 4.39 Å². The lowest BCUT2D eigenvalue weighted by Crippen LogP contribution is -1.82. The fourth-order valence-electron chi connectivity index (χ4n) is 2.08. The third-order valence-corrected chi connectivity index (χ3v) is 2.86. The lowest BCUT2D eigenvalue weighted by molar-refractivity contribution is 0.628. The lowest BCUT2D eigenvalue weighted by Gasteiger charge is -2.02. The molecule has 0 unspecified atom stereocenters. The highest BCUT2D eigenvalue weighted by Gasteiger charge is 2.06. The molecule has 0 saturated heterocycles. The maximum absolute atomic E-state index is 12.9. The fourth-order valence-corrected chi connectivity index (χ4v) is 2.08. The Labute approximate surface area is 98.9 Å². The van der Waals surface area contributed by atoms with Crippen LogP contribution < -0.4 is 0 Å². The number of hydrogen-bond donors (Lipinski definition) is 1. The van der Waals surface area contributed by atoms with E-state index in [2.05, 4.69) is 17.1 Å². The molecule has 1 radical (unpaired) electrons. The molecule has 1 nitrogen and oxygen atoms in total. The summed E-state index contributed by atoms with van der Waals surface area (Å²) in [6, 6.07) is 15.7. The van der Waals surface area contributed by atoms with Gasteiger partial charge in [0.05, 0.1) is 5.52 Å². The molecule has 2 heteroatoms. The van der Waals surface area contributed by atoms with Gasteiger partial charge in [-0.2, -0.15) is 0 Å². The van der Waals surface area contributed by atoms with E-state index in [0.29, 0.717) is 0 Å². The van der Waals surface area contributed by atoms with Crippen molar-refractivity contribution in [2.75, 3.05) is 0 Å². The number of aryl methyl sites for hydroxylation is 1. The molecule has 2 aromatic carbocycles. The molecule has 3 rings (SSSR count). The smallest absolute Gasteiger partial charge is 0.123 e. The van der Waals surface area contributed by atoms with E-state index in [1.165, 1.54) is 12.1 Å². The zero-order valence-electron chi connectivity index (χ0n) is 9.42. The van der Waals surface area contributed by atoms with Crippen molar-refractivity contribution in [2.24, 2.45) is 0 Å². The number of H-pyrrole nitrogens is 1. The normalized spacial score (nSPS) is 10.9. The van der Waals surface area contributed by atoms with E-state index in [-0.39, 0.29) is 5.82 Å². The van der Waals surface area contributed by atoms with Gasteiger partial charge in [-0.25, -0.2) is 4.39 Å². The summed E-state index contributed by atoms with van der Waals surface area (Å²) in [5.74, 6) is -0.219. The Morgan fingerprint density at radius 3 is 2.65 bits per heavy atom. The molecular formula is C15H11FN. The van der Waals surface area contributed by atoms with Crippen molar-refractivity contribution in [3.8, 4) is 11.1 Å². The van der Waals surface area contributed by atoms with Gasteiger partial charge in [0.2, 0.25) is 0 Å². The van der Waals surface area contributed by atoms with Gasteiger partial charge in [0.1, 0.15) is 5.82 Å². The molecule has 0 aliphatic heterocycles. The Kier molecular flexibility index (Phi) is 2.22. The molecule has 1 heterocycles. The standard InChI is InChI=1S/C15H11FN/c1-10-9-12-3-2-4-14(15(12)17-10)11-5-7-13(16)8-6-11/h2-3,5-9,17H,1H3. The number of benzene rings is 2. The topological polar surface area (TPSA) is 15.8 Å². The quantitative estimate of drug-likeness (QED) is 0.641. The van der Waals surface area contributed by atoms with E-state index in [1.54, 1.807) is 12.1 Å². The Morgan fingerprint density at radius 2 is 1.88 bits per heavy atom. The van der Waals surface area contributed by atoms with Crippen LogP contribution >= 0.6 is 0 Å². The van der Waals surface area contributed by atoms with E-state index in [4.69, 9.17) is 0 Å². The van der Waals surface area contributed by atoms with Crippen molar-refractivity contribution in [3.63, 3.8) is 0 Å². The van der Waals surface area contributed by atoms with Gasteiger partial charge in [-0.3, -0.25) is 0 Å². The predicted molar refractivity (Wildman–Crippen MR) is 67.3 cm³/mol. The number of halogens is 1. The van der Waals surface area contributed by atoms with Crippen LogP contribution in [-0.2, 0) is 0 Å². The molecule has 0 aliphatic carbocycles. The largest absolute Gasteiger partial charge is 0.358 e. The zero-order valence-corrected chi connectivity index (χ0v) is 9.42. The molecular weight excluding hydrogens is 213 g/mol. The molecule has 0 saturated carbocycles. The first-order chi connectivity index (χ1) is 8.24. The molecule has 0 bridgehead atoms. The third-order valence-electron chi connectivity index (χ3n) is 2.86. The van der Waals surface area contributed by atoms with E-state index in [0.717, 1.165) is 27.7 Å². The van der Waals surface area contributed by atoms with Gasteiger partial charge in [0.25, 0.3) is 0 Å². The maximum Gasteiger partial charge on any atom is 0.123 e. The minimum Gasteiger partial charge on any atom is -0.358 e. The van der Waals surface area contributed by atoms with Gasteiger partial charge >= 0.3 is 0 Å². The predicted octanol–water partition coefficient (Wildman–Crippen LogP) is 4.08. The van der Waals surface area contributed by atoms with Crippen molar-refractivity contribution in [2.45, 2.75) is 6.92 Å². The van der Waals surface area contributed by atoms with E-state index < -0.39 is 0 Å². The second kappa shape index (κ2) is 3.74. The van der Waals surface area contributed by atoms with Crippen LogP contribution in [-0.4, -0.2) is 4.98 Å². The van der Waals surface area contributed by atoms with Crippen LogP contribution in [0.25, 0.3) is 22.0 Å². The molecule has 83 valence electrons. The summed E-state index contributed by atoms with van der Waals surface area (Å²) < 4.78 is 12.9. The Bertz CT molecular complexity index is 665. The Hall–Kier alpha value is -2.09. The van der Waals surface area contributed by atoms with E-state index >= 15 is 0 Å². The van der Waals surface area contributed by atoms with Crippen molar-refractivity contribution in [1.82, 2.24) is 4.98 Å². The van der Waals surface area contributed by atoms with Crippen molar-refractivity contribution in [3.05, 3.63) is 60.0 Å². The van der Waals surface area contributed by atoms with Gasteiger partial charge in [-0.05, 0) is 36.8 Å². The third kappa shape index (κ3) is 1.72. The van der Waals surface area contributed by atoms with E-state index in [1.807, 2.05) is 19.1 Å². The van der Waals surface area contributed by atoms with Crippen molar-refractivity contribution in [1.29, 1.82) is 0 Å². The molecule has 1 N–H and O–H groups in total. The van der Waals surface area contributed by atoms with Crippen LogP contribution in [0, 0.1) is 18.8 Å². The number of rotatable bonds is 1. The van der Waals surface area contributed by atoms with Crippen LogP contribution in [0.4, 0.5) is 4.39 Å². The second-order valence-corrected chi connectivity index (χ2v) is 4.14. The molecule has 17 heavy (non-hydrogen) atoms. The Morgan fingerprint density at radius 1 is 1.12 bits per heavy atom. The fraction of sp³-hybridized carbons (Fsp3) is 0.0667. The highest BCUT2D eigenvalue weighted by atomic mass is 19.1. The molecule has 0 spiro atoms. The summed E-state index contributed by atoms with van der Waals surface area (Å²) in [4.78, 5) is 3.32. The number of aromatic amines is 1. The molecule has 3 aromatic rings. The zero-order chi connectivity index (χ0) is 11.8. The van der Waals surface area contributed by atoms with Crippen LogP contribution in [0.3, 0.4) is 0 Å². The van der Waals surface area contributed by atoms with Gasteiger partial charge in [0.15, 0.2) is 0 Å². The SMILES string of the molecule is Cc1cc2cc[c]c(-c3ccc(F)cc3)c2[nH]1. The summed E-state index contributed by atoms with van der Waals surface area (Å²) in [5, 5.41) is 1.15. The average Bonchev–Trinajstić information content (AvgIpc) is 2.70. The van der Waals surface area contributed by atoms with Crippen LogP contribution in [0.15, 0.2) is 42.5 Å². The van der Waals surface area contributed by atoms with Crippen molar-refractivity contribution < 1.29 is 4.39 Å². The first-order valence-electron chi connectivity index (χ1n) is 5.50. The maximum atomic E-state index is 12.9. The molecule has 0 atom stereocenters. The number of hydrogen-bond acceptors (Lipinski definition) is 0. The van der Waals surface area contributed by atoms with Gasteiger partial charge in [-0.15, -0.1) is 0 Å². The number of aromatic nitrogens is 1. The van der Waals surface area contributed by atoms with Crippen LogP contribution in [0.2, 0.25) is 0 Å². The first-order valence-corrected chi connectivity index (χ1v) is 5.50. The molecule has 0 fully saturated rings. The lowest BCUT2D eigenvalue weighted by atomic mass is 10.0. The molecule has 0 amide bonds. The van der Waals surface area contributed by atoms with Gasteiger partial charge < -0.3 is 4.98 Å². The van der Waals surface area contributed by atoms with Crippen LogP contribution in [0.5, 0.6) is 0 Å². The molecule has 1 aromatic heterocycles. The summed E-state index contributed by atoms with van der Waals surface area (Å²) in [6.07, 6.45) is 0. The van der Waals surface area contributed by atoms with Crippen LogP contribution in [0.1, 0.15) is 5.69 Å². The monoisotopic (exact) mass is 224 g/mol. The van der Waals surface area contributed by atoms with Crippen molar-refractivity contribution >= 4 is 10.9 Å². The summed E-state index contributed by atoms with van der Waals surface area (Å²) in [5.41, 5.74) is 4.12. The average molecular weight is 224 g/mol. The summed E-state index contributed by atoms with van der Waals surface area (Å²) >= 11 is 0. The van der Waals surface area contributed by atoms with Gasteiger partial charge in [-0.1, -0.05) is 24.3 Å². The van der Waals surface area contributed by atoms with Gasteiger partial charge in [0, 0.05) is 16.6 Å². The minimum absolute atomic E-state index is 0.219. The summed E-state index contributed by atoms with van der Waals surface area (Å²) in [7, 11) is 0. The minimum atomic E-state index is -0.219. The highest BCUT2D eigenvalue weighted by Crippen LogP contribution is 2.28. The molecule has 0 aliphatic rings. The summed E-state index contributed by atoms with van der Waals surface area (Å²) in [6.45, 7) is 2.02. The first kappa shape index (κ1) is 10.1. The number of nitrogens with one attached hydrogen (secondary N) is 1. The second-order valence-electron chi connectivity index (χ2n) is 4.14. The Balaban J connectivity index is 2.26. The number of fused-ring (bicyclic) bond motifs is 1.